The molecule has 1 aromatic carbocycles. The summed E-state index contributed by atoms with van der Waals surface area (Å²) in [6, 6.07) is 5.68. The molecule has 2 aromatic heterocycles. The number of nitrogens with zero attached hydrogens (tertiary/aromatic N) is 4. The van der Waals surface area contributed by atoms with Crippen LogP contribution in [0.1, 0.15) is 5.56 Å². The molecule has 26 heavy (non-hydrogen) atoms. The average Bonchev–Trinajstić information content (AvgIpc) is 2.99. The monoisotopic (exact) mass is 376 g/mol. The Kier molecular flexibility index (Phi) is 4.82. The number of rotatable bonds is 5. The first kappa shape index (κ1) is 18.1. The van der Waals surface area contributed by atoms with E-state index in [4.69, 9.17) is 9.47 Å². The molecule has 0 saturated carbocycles. The fourth-order valence-electron chi connectivity index (χ4n) is 2.84. The molecule has 0 atom stereocenters. The average molecular weight is 376 g/mol. The number of hydrogen-bond donors (Lipinski definition) is 0. The Morgan fingerprint density at radius 3 is 2.42 bits per heavy atom. The molecule has 9 heteroatoms. The third kappa shape index (κ3) is 2.78. The van der Waals surface area contributed by atoms with Gasteiger partial charge in [-0.15, -0.1) is 0 Å². The minimum Gasteiger partial charge on any atom is -0.493 e. The van der Waals surface area contributed by atoms with Crippen molar-refractivity contribution in [2.45, 2.75) is 10.9 Å². The van der Waals surface area contributed by atoms with Crippen molar-refractivity contribution in [1.82, 2.24) is 18.7 Å². The van der Waals surface area contributed by atoms with Gasteiger partial charge in [0.1, 0.15) is 0 Å². The third-order valence-electron chi connectivity index (χ3n) is 4.28. The van der Waals surface area contributed by atoms with Crippen LogP contribution in [-0.4, -0.2) is 32.9 Å². The van der Waals surface area contributed by atoms with Crippen molar-refractivity contribution >= 4 is 22.9 Å². The summed E-state index contributed by atoms with van der Waals surface area (Å²) in [4.78, 5) is 29.0. The molecule has 0 aliphatic heterocycles. The first-order chi connectivity index (χ1) is 12.4. The van der Waals surface area contributed by atoms with Crippen molar-refractivity contribution in [2.24, 2.45) is 21.1 Å². The maximum atomic E-state index is 12.4. The summed E-state index contributed by atoms with van der Waals surface area (Å²) < 4.78 is 15.0. The number of imidazole rings is 1. The summed E-state index contributed by atoms with van der Waals surface area (Å²) in [5.74, 6) is 1.91. The Balaban J connectivity index is 2.03. The Labute approximate surface area is 154 Å². The van der Waals surface area contributed by atoms with Crippen LogP contribution in [0, 0.1) is 0 Å². The molecule has 0 aliphatic carbocycles. The fourth-order valence-corrected chi connectivity index (χ4v) is 3.79. The van der Waals surface area contributed by atoms with Crippen LogP contribution in [0.5, 0.6) is 11.5 Å². The molecule has 0 amide bonds. The second-order valence-electron chi connectivity index (χ2n) is 5.77. The molecular weight excluding hydrogens is 356 g/mol. The fraction of sp³-hybridized carbons (Fsp3) is 0.353. The maximum absolute atomic E-state index is 12.4. The minimum atomic E-state index is -0.397. The van der Waals surface area contributed by atoms with E-state index >= 15 is 0 Å². The molecule has 0 N–H and O–H groups in total. The molecule has 3 rings (SSSR count). The third-order valence-corrected chi connectivity index (χ3v) is 5.35. The van der Waals surface area contributed by atoms with Gasteiger partial charge in [0.25, 0.3) is 5.56 Å². The molecule has 0 spiro atoms. The largest absolute Gasteiger partial charge is 0.493 e. The lowest BCUT2D eigenvalue weighted by atomic mass is 10.2. The summed E-state index contributed by atoms with van der Waals surface area (Å²) in [6.07, 6.45) is 0. The highest BCUT2D eigenvalue weighted by Gasteiger charge is 2.18. The zero-order valence-corrected chi connectivity index (χ0v) is 16.1. The molecule has 2 heterocycles. The number of para-hydroxylation sites is 1. The van der Waals surface area contributed by atoms with Crippen LogP contribution in [0.25, 0.3) is 11.2 Å². The van der Waals surface area contributed by atoms with E-state index in [1.807, 2.05) is 18.2 Å². The Bertz CT molecular complexity index is 1100. The van der Waals surface area contributed by atoms with Crippen molar-refractivity contribution in [1.29, 1.82) is 0 Å². The lowest BCUT2D eigenvalue weighted by molar-refractivity contribution is 0.352. The van der Waals surface area contributed by atoms with Crippen molar-refractivity contribution in [2.75, 3.05) is 14.2 Å². The van der Waals surface area contributed by atoms with Crippen molar-refractivity contribution in [3.05, 3.63) is 44.6 Å². The normalized spacial score (nSPS) is 11.1. The molecule has 0 saturated heterocycles. The quantitative estimate of drug-likeness (QED) is 0.624. The number of fused-ring (bicyclic) bond motifs is 1. The highest BCUT2D eigenvalue weighted by molar-refractivity contribution is 7.98. The van der Waals surface area contributed by atoms with Crippen molar-refractivity contribution in [3.8, 4) is 11.5 Å². The second-order valence-corrected chi connectivity index (χ2v) is 6.72. The molecule has 0 fully saturated rings. The lowest BCUT2D eigenvalue weighted by Gasteiger charge is -2.12. The molecule has 3 aromatic rings. The standard InChI is InChI=1S/C17H20N4O4S/c1-19-12-14(20(2)17(23)21(3)15(12)22)18-16(19)26-9-10-7-6-8-11(24-4)13(10)25-5/h6-8H,9H2,1-5H3. The Morgan fingerprint density at radius 2 is 1.77 bits per heavy atom. The second kappa shape index (κ2) is 6.91. The van der Waals surface area contributed by atoms with E-state index in [9.17, 15) is 9.59 Å². The van der Waals surface area contributed by atoms with E-state index < -0.39 is 5.69 Å². The summed E-state index contributed by atoms with van der Waals surface area (Å²) >= 11 is 1.46. The Hall–Kier alpha value is -2.68. The van der Waals surface area contributed by atoms with E-state index in [1.165, 1.54) is 23.4 Å². The maximum Gasteiger partial charge on any atom is 0.332 e. The molecular formula is C17H20N4O4S. The number of aromatic nitrogens is 4. The summed E-state index contributed by atoms with van der Waals surface area (Å²) in [5, 5.41) is 0.642. The van der Waals surface area contributed by atoms with Gasteiger partial charge in [0.05, 0.1) is 14.2 Å². The van der Waals surface area contributed by atoms with Crippen LogP contribution >= 0.6 is 11.8 Å². The van der Waals surface area contributed by atoms with Gasteiger partial charge in [0, 0.05) is 32.5 Å². The summed E-state index contributed by atoms with van der Waals surface area (Å²) in [5.41, 5.74) is 0.969. The molecule has 8 nitrogen and oxygen atoms in total. The van der Waals surface area contributed by atoms with Crippen LogP contribution in [0.15, 0.2) is 32.9 Å². The molecule has 0 unspecified atom stereocenters. The highest BCUT2D eigenvalue weighted by atomic mass is 32.2. The topological polar surface area (TPSA) is 80.3 Å². The van der Waals surface area contributed by atoms with Gasteiger partial charge in [-0.1, -0.05) is 23.9 Å². The van der Waals surface area contributed by atoms with E-state index in [0.717, 1.165) is 10.1 Å². The van der Waals surface area contributed by atoms with Gasteiger partial charge in [-0.05, 0) is 6.07 Å². The van der Waals surface area contributed by atoms with E-state index in [1.54, 1.807) is 32.9 Å². The van der Waals surface area contributed by atoms with Crippen molar-refractivity contribution < 1.29 is 9.47 Å². The van der Waals surface area contributed by atoms with Gasteiger partial charge in [0.2, 0.25) is 0 Å². The summed E-state index contributed by atoms with van der Waals surface area (Å²) in [6.45, 7) is 0. The van der Waals surface area contributed by atoms with Crippen molar-refractivity contribution in [3.63, 3.8) is 0 Å². The van der Waals surface area contributed by atoms with Gasteiger partial charge >= 0.3 is 5.69 Å². The van der Waals surface area contributed by atoms with Gasteiger partial charge in [-0.2, -0.15) is 0 Å². The van der Waals surface area contributed by atoms with Gasteiger partial charge in [-0.3, -0.25) is 13.9 Å². The van der Waals surface area contributed by atoms with Crippen LogP contribution in [0.3, 0.4) is 0 Å². The number of methoxy groups -OCH3 is 2. The Morgan fingerprint density at radius 1 is 1.04 bits per heavy atom. The number of ether oxygens (including phenoxy) is 2. The first-order valence-electron chi connectivity index (χ1n) is 7.85. The molecule has 0 aliphatic rings. The van der Waals surface area contributed by atoms with Gasteiger partial charge in [0.15, 0.2) is 27.8 Å². The predicted octanol–water partition coefficient (Wildman–Crippen LogP) is 1.28. The smallest absolute Gasteiger partial charge is 0.332 e. The van der Waals surface area contributed by atoms with Crippen LogP contribution in [-0.2, 0) is 26.9 Å². The van der Waals surface area contributed by atoms with Gasteiger partial charge in [-0.25, -0.2) is 9.78 Å². The number of thioether (sulfide) groups is 1. The van der Waals surface area contributed by atoms with E-state index in [2.05, 4.69) is 4.98 Å². The highest BCUT2D eigenvalue weighted by Crippen LogP contribution is 2.34. The number of benzene rings is 1. The predicted molar refractivity (Wildman–Crippen MR) is 100 cm³/mol. The van der Waals surface area contributed by atoms with Crippen LogP contribution in [0.4, 0.5) is 0 Å². The first-order valence-corrected chi connectivity index (χ1v) is 8.84. The number of hydrogen-bond acceptors (Lipinski definition) is 6. The molecule has 138 valence electrons. The zero-order valence-electron chi connectivity index (χ0n) is 15.3. The van der Waals surface area contributed by atoms with Crippen LogP contribution in [0.2, 0.25) is 0 Å². The SMILES string of the molecule is COc1cccc(CSc2nc3c(c(=O)n(C)c(=O)n3C)n2C)c1OC. The zero-order chi connectivity index (χ0) is 19.0. The van der Waals surface area contributed by atoms with Crippen LogP contribution < -0.4 is 20.7 Å². The van der Waals surface area contributed by atoms with E-state index in [0.29, 0.717) is 33.6 Å². The summed E-state index contributed by atoms with van der Waals surface area (Å²) in [7, 11) is 8.03. The minimum absolute atomic E-state index is 0.357. The van der Waals surface area contributed by atoms with Gasteiger partial charge < -0.3 is 14.0 Å². The number of aryl methyl sites for hydroxylation is 2. The van der Waals surface area contributed by atoms with E-state index in [-0.39, 0.29) is 5.56 Å². The molecule has 0 bridgehead atoms. The lowest BCUT2D eigenvalue weighted by Crippen LogP contribution is -2.37. The molecule has 0 radical (unpaired) electrons.